The molecule has 0 amide bonds. The Kier molecular flexibility index (Phi) is 5.41. The second-order valence-corrected chi connectivity index (χ2v) is 6.62. The molecule has 4 heteroatoms. The lowest BCUT2D eigenvalue weighted by atomic mass is 10.1. The minimum absolute atomic E-state index is 0.134. The first-order chi connectivity index (χ1) is 8.49. The Hall–Kier alpha value is -1.29. The van der Waals surface area contributed by atoms with Crippen molar-refractivity contribution in [2.75, 3.05) is 11.1 Å². The van der Waals surface area contributed by atoms with Crippen LogP contribution in [0, 0.1) is 0 Å². The monoisotopic (exact) mass is 267 g/mol. The zero-order valence-electron chi connectivity index (χ0n) is 11.0. The van der Waals surface area contributed by atoms with Crippen molar-refractivity contribution in [3.63, 3.8) is 0 Å². The number of allylic oxidation sites excluding steroid dienone is 1. The molecule has 1 atom stereocenters. The lowest BCUT2D eigenvalue weighted by Crippen LogP contribution is -2.14. The molecule has 0 aromatic heterocycles. The van der Waals surface area contributed by atoms with E-state index in [4.69, 9.17) is 0 Å². The van der Waals surface area contributed by atoms with Crippen molar-refractivity contribution in [3.8, 4) is 0 Å². The summed E-state index contributed by atoms with van der Waals surface area (Å²) in [4.78, 5) is 0.384. The zero-order valence-corrected chi connectivity index (χ0v) is 11.8. The topological polar surface area (TPSA) is 46.2 Å². The third-order valence-corrected chi connectivity index (χ3v) is 4.56. The smallest absolute Gasteiger partial charge is 0.178 e. The van der Waals surface area contributed by atoms with Gasteiger partial charge < -0.3 is 5.32 Å². The molecule has 0 saturated heterocycles. The van der Waals surface area contributed by atoms with Crippen LogP contribution >= 0.6 is 0 Å². The van der Waals surface area contributed by atoms with Gasteiger partial charge in [-0.15, -0.1) is 6.58 Å². The first kappa shape index (κ1) is 14.8. The summed E-state index contributed by atoms with van der Waals surface area (Å²) in [5, 5.41) is 3.33. The Morgan fingerprint density at radius 3 is 2.44 bits per heavy atom. The van der Waals surface area contributed by atoms with Crippen molar-refractivity contribution in [1.29, 1.82) is 0 Å². The Bertz CT molecular complexity index is 477. The minimum atomic E-state index is -3.10. The normalized spacial score (nSPS) is 13.0. The molecule has 0 aliphatic rings. The number of sulfone groups is 1. The average Bonchev–Trinajstić information content (AvgIpc) is 2.37. The van der Waals surface area contributed by atoms with Crippen molar-refractivity contribution >= 4 is 15.5 Å². The molecular formula is C14H21NO2S. The van der Waals surface area contributed by atoms with Crippen LogP contribution in [-0.4, -0.2) is 20.2 Å². The van der Waals surface area contributed by atoms with Gasteiger partial charge in [-0.2, -0.15) is 0 Å². The molecule has 1 aromatic rings. The molecule has 1 rings (SSSR count). The number of anilines is 1. The van der Waals surface area contributed by atoms with Crippen LogP contribution in [0.5, 0.6) is 0 Å². The molecule has 3 nitrogen and oxygen atoms in total. The summed E-state index contributed by atoms with van der Waals surface area (Å²) in [7, 11) is -3.10. The van der Waals surface area contributed by atoms with Gasteiger partial charge in [-0.05, 0) is 44.0 Å². The SMILES string of the molecule is C=CCCC(C)Nc1ccc(S(=O)(=O)CC)cc1. The van der Waals surface area contributed by atoms with Crippen molar-refractivity contribution in [2.45, 2.75) is 37.6 Å². The van der Waals surface area contributed by atoms with Gasteiger partial charge in [-0.1, -0.05) is 13.0 Å². The van der Waals surface area contributed by atoms with Gasteiger partial charge in [0.2, 0.25) is 0 Å². The molecule has 0 heterocycles. The molecular weight excluding hydrogens is 246 g/mol. The van der Waals surface area contributed by atoms with E-state index in [2.05, 4.69) is 18.8 Å². The molecule has 1 aromatic carbocycles. The second kappa shape index (κ2) is 6.59. The Morgan fingerprint density at radius 1 is 1.33 bits per heavy atom. The largest absolute Gasteiger partial charge is 0.383 e. The first-order valence-corrected chi connectivity index (χ1v) is 7.85. The van der Waals surface area contributed by atoms with Crippen molar-refractivity contribution < 1.29 is 8.42 Å². The van der Waals surface area contributed by atoms with Crippen LogP contribution in [0.4, 0.5) is 5.69 Å². The fourth-order valence-corrected chi connectivity index (χ4v) is 2.53. The van der Waals surface area contributed by atoms with Crippen molar-refractivity contribution in [1.82, 2.24) is 0 Å². The third kappa shape index (κ3) is 4.18. The van der Waals surface area contributed by atoms with E-state index in [1.807, 2.05) is 18.2 Å². The zero-order chi connectivity index (χ0) is 13.6. The summed E-state index contributed by atoms with van der Waals surface area (Å²) in [5.41, 5.74) is 0.946. The summed E-state index contributed by atoms with van der Waals surface area (Å²) >= 11 is 0. The Morgan fingerprint density at radius 2 is 1.94 bits per heavy atom. The molecule has 0 bridgehead atoms. The maximum atomic E-state index is 11.6. The van der Waals surface area contributed by atoms with E-state index in [0.29, 0.717) is 10.9 Å². The van der Waals surface area contributed by atoms with Gasteiger partial charge in [0.1, 0.15) is 0 Å². The summed E-state index contributed by atoms with van der Waals surface area (Å²) in [6.45, 7) is 7.44. The molecule has 1 N–H and O–H groups in total. The van der Waals surface area contributed by atoms with Crippen LogP contribution in [0.3, 0.4) is 0 Å². The highest BCUT2D eigenvalue weighted by molar-refractivity contribution is 7.91. The molecule has 0 fully saturated rings. The summed E-state index contributed by atoms with van der Waals surface area (Å²) < 4.78 is 23.3. The lowest BCUT2D eigenvalue weighted by molar-refractivity contribution is 0.597. The fraction of sp³-hybridized carbons (Fsp3) is 0.429. The van der Waals surface area contributed by atoms with Crippen molar-refractivity contribution in [3.05, 3.63) is 36.9 Å². The fourth-order valence-electron chi connectivity index (χ4n) is 1.65. The summed E-state index contributed by atoms with van der Waals surface area (Å²) in [6.07, 6.45) is 3.88. The predicted molar refractivity (Wildman–Crippen MR) is 76.7 cm³/mol. The van der Waals surface area contributed by atoms with Crippen molar-refractivity contribution in [2.24, 2.45) is 0 Å². The van der Waals surface area contributed by atoms with Gasteiger partial charge >= 0.3 is 0 Å². The maximum absolute atomic E-state index is 11.6. The number of benzene rings is 1. The molecule has 0 aliphatic carbocycles. The highest BCUT2D eigenvalue weighted by atomic mass is 32.2. The quantitative estimate of drug-likeness (QED) is 0.771. The van der Waals surface area contributed by atoms with Crippen LogP contribution in [-0.2, 0) is 9.84 Å². The van der Waals surface area contributed by atoms with Gasteiger partial charge in [-0.3, -0.25) is 0 Å². The Labute approximate surface area is 110 Å². The van der Waals surface area contributed by atoms with E-state index in [-0.39, 0.29) is 5.75 Å². The number of rotatable bonds is 7. The maximum Gasteiger partial charge on any atom is 0.178 e. The number of hydrogen-bond acceptors (Lipinski definition) is 3. The van der Waals surface area contributed by atoms with Crippen LogP contribution in [0.25, 0.3) is 0 Å². The van der Waals surface area contributed by atoms with E-state index >= 15 is 0 Å². The highest BCUT2D eigenvalue weighted by Crippen LogP contribution is 2.16. The van der Waals surface area contributed by atoms with Gasteiger partial charge in [0.15, 0.2) is 9.84 Å². The molecule has 0 radical (unpaired) electrons. The van der Waals surface area contributed by atoms with Crippen LogP contribution < -0.4 is 5.32 Å². The summed E-state index contributed by atoms with van der Waals surface area (Å²) in [6, 6.07) is 7.28. The summed E-state index contributed by atoms with van der Waals surface area (Å²) in [5.74, 6) is 0.134. The standard InChI is InChI=1S/C14H21NO2S/c1-4-6-7-12(3)15-13-8-10-14(11-9-13)18(16,17)5-2/h4,8-12,15H,1,5-7H2,2-3H3. The lowest BCUT2D eigenvalue weighted by Gasteiger charge is -2.14. The number of hydrogen-bond donors (Lipinski definition) is 1. The van der Waals surface area contributed by atoms with E-state index in [1.165, 1.54) is 0 Å². The second-order valence-electron chi connectivity index (χ2n) is 4.34. The molecule has 1 unspecified atom stereocenters. The third-order valence-electron chi connectivity index (χ3n) is 2.81. The average molecular weight is 267 g/mol. The van der Waals surface area contributed by atoms with E-state index < -0.39 is 9.84 Å². The van der Waals surface area contributed by atoms with E-state index in [9.17, 15) is 8.42 Å². The molecule has 0 saturated carbocycles. The minimum Gasteiger partial charge on any atom is -0.383 e. The Balaban J connectivity index is 2.69. The van der Waals surface area contributed by atoms with Crippen LogP contribution in [0.1, 0.15) is 26.7 Å². The first-order valence-electron chi connectivity index (χ1n) is 6.20. The molecule has 18 heavy (non-hydrogen) atoms. The predicted octanol–water partition coefficient (Wildman–Crippen LogP) is 3.25. The van der Waals surface area contributed by atoms with Gasteiger partial charge in [-0.25, -0.2) is 8.42 Å². The van der Waals surface area contributed by atoms with Crippen LogP contribution in [0.2, 0.25) is 0 Å². The molecule has 100 valence electrons. The van der Waals surface area contributed by atoms with Gasteiger partial charge in [0.25, 0.3) is 0 Å². The number of nitrogens with one attached hydrogen (secondary N) is 1. The van der Waals surface area contributed by atoms with E-state index in [0.717, 1.165) is 18.5 Å². The van der Waals surface area contributed by atoms with E-state index in [1.54, 1.807) is 19.1 Å². The van der Waals surface area contributed by atoms with Gasteiger partial charge in [0, 0.05) is 11.7 Å². The van der Waals surface area contributed by atoms with Gasteiger partial charge in [0.05, 0.1) is 10.6 Å². The van der Waals surface area contributed by atoms with Crippen LogP contribution in [0.15, 0.2) is 41.8 Å². The molecule has 0 aliphatic heterocycles. The highest BCUT2D eigenvalue weighted by Gasteiger charge is 2.10. The molecule has 0 spiro atoms.